The number of aliphatic hydroxyl groups excluding tert-OH is 1. The third-order valence-corrected chi connectivity index (χ3v) is 3.93. The van der Waals surface area contributed by atoms with E-state index in [1.165, 1.54) is 0 Å². The maximum atomic E-state index is 11.0. The van der Waals surface area contributed by atoms with Crippen molar-refractivity contribution in [1.29, 1.82) is 0 Å². The van der Waals surface area contributed by atoms with Crippen molar-refractivity contribution in [3.8, 4) is 0 Å². The summed E-state index contributed by atoms with van der Waals surface area (Å²) < 4.78 is 24.4. The predicted octanol–water partition coefficient (Wildman–Crippen LogP) is 0.526. The van der Waals surface area contributed by atoms with Gasteiger partial charge in [-0.1, -0.05) is 13.8 Å². The van der Waals surface area contributed by atoms with Crippen LogP contribution >= 0.6 is 0 Å². The molecule has 0 amide bonds. The van der Waals surface area contributed by atoms with Gasteiger partial charge in [0.25, 0.3) is 0 Å². The highest BCUT2D eigenvalue weighted by molar-refractivity contribution is 7.88. The van der Waals surface area contributed by atoms with E-state index < -0.39 is 10.0 Å². The quantitative estimate of drug-likeness (QED) is 0.233. The van der Waals surface area contributed by atoms with Crippen LogP contribution in [0.1, 0.15) is 40.0 Å². The summed E-state index contributed by atoms with van der Waals surface area (Å²) in [5, 5.41) is 15.5. The Morgan fingerprint density at radius 3 is 2.43 bits per heavy atom. The molecule has 7 nitrogen and oxygen atoms in total. The van der Waals surface area contributed by atoms with Crippen LogP contribution in [-0.4, -0.2) is 58.5 Å². The number of sulfonamides is 1. The molecule has 0 aromatic heterocycles. The van der Waals surface area contributed by atoms with Gasteiger partial charge in [-0.25, -0.2) is 13.1 Å². The van der Waals surface area contributed by atoms with E-state index in [0.717, 1.165) is 31.6 Å². The average molecular weight is 351 g/mol. The predicted molar refractivity (Wildman–Crippen MR) is 96.1 cm³/mol. The minimum Gasteiger partial charge on any atom is -0.396 e. The van der Waals surface area contributed by atoms with Gasteiger partial charge in [-0.15, -0.1) is 0 Å². The smallest absolute Gasteiger partial charge is 0.208 e. The summed E-state index contributed by atoms with van der Waals surface area (Å²) in [6, 6.07) is 0. The summed E-state index contributed by atoms with van der Waals surface area (Å²) in [4.78, 5) is 4.58. The maximum absolute atomic E-state index is 11.0. The van der Waals surface area contributed by atoms with Crippen molar-refractivity contribution in [2.45, 2.75) is 40.0 Å². The van der Waals surface area contributed by atoms with E-state index in [-0.39, 0.29) is 6.61 Å². The van der Waals surface area contributed by atoms with Crippen LogP contribution in [-0.2, 0) is 10.0 Å². The van der Waals surface area contributed by atoms with Gasteiger partial charge in [0.05, 0.1) is 6.26 Å². The molecule has 0 radical (unpaired) electrons. The van der Waals surface area contributed by atoms with Crippen LogP contribution in [0.3, 0.4) is 0 Å². The first-order valence-electron chi connectivity index (χ1n) is 8.36. The second kappa shape index (κ2) is 12.5. The molecule has 138 valence electrons. The Bertz CT molecular complexity index is 424. The average Bonchev–Trinajstić information content (AvgIpc) is 2.42. The zero-order valence-corrected chi connectivity index (χ0v) is 15.7. The fourth-order valence-corrected chi connectivity index (χ4v) is 2.76. The lowest BCUT2D eigenvalue weighted by atomic mass is 9.94. The molecule has 0 saturated carbocycles. The molecule has 1 unspecified atom stereocenters. The zero-order valence-electron chi connectivity index (χ0n) is 14.9. The van der Waals surface area contributed by atoms with E-state index in [4.69, 9.17) is 5.11 Å². The fraction of sp³-hybridized carbons (Fsp3) is 0.933. The zero-order chi connectivity index (χ0) is 17.7. The molecule has 0 saturated heterocycles. The van der Waals surface area contributed by atoms with E-state index in [2.05, 4.69) is 34.2 Å². The van der Waals surface area contributed by atoms with Crippen LogP contribution < -0.4 is 15.4 Å². The first-order valence-corrected chi connectivity index (χ1v) is 10.2. The largest absolute Gasteiger partial charge is 0.396 e. The van der Waals surface area contributed by atoms with Crippen LogP contribution in [0.5, 0.6) is 0 Å². The van der Waals surface area contributed by atoms with E-state index in [0.29, 0.717) is 37.9 Å². The van der Waals surface area contributed by atoms with Gasteiger partial charge in [-0.05, 0) is 38.0 Å². The Morgan fingerprint density at radius 2 is 1.91 bits per heavy atom. The molecule has 8 heteroatoms. The summed E-state index contributed by atoms with van der Waals surface area (Å²) in [5.41, 5.74) is 0. The molecule has 0 heterocycles. The Morgan fingerprint density at radius 1 is 1.22 bits per heavy atom. The molecule has 0 aromatic rings. The van der Waals surface area contributed by atoms with E-state index in [1.54, 1.807) is 0 Å². The molecule has 0 fully saturated rings. The topological polar surface area (TPSA) is 103 Å². The summed E-state index contributed by atoms with van der Waals surface area (Å²) in [6.07, 6.45) is 3.65. The summed E-state index contributed by atoms with van der Waals surface area (Å²) >= 11 is 0. The van der Waals surface area contributed by atoms with Crippen LogP contribution in [0.2, 0.25) is 0 Å². The number of hydrogen-bond acceptors (Lipinski definition) is 4. The molecule has 0 aliphatic rings. The second-order valence-electron chi connectivity index (χ2n) is 6.17. The number of aliphatic hydroxyl groups is 1. The highest BCUT2D eigenvalue weighted by Crippen LogP contribution is 2.15. The summed E-state index contributed by atoms with van der Waals surface area (Å²) in [7, 11) is -3.12. The molecule has 0 spiro atoms. The van der Waals surface area contributed by atoms with Gasteiger partial charge in [0.1, 0.15) is 0 Å². The van der Waals surface area contributed by atoms with Gasteiger partial charge in [-0.3, -0.25) is 4.99 Å². The SMILES string of the molecule is CCNC(=NCC(CCO)CC(C)C)NCCCNS(C)(=O)=O. The molecule has 0 aromatic carbocycles. The first kappa shape index (κ1) is 22.1. The number of aliphatic imine (C=N–C) groups is 1. The number of hydrogen-bond donors (Lipinski definition) is 4. The van der Waals surface area contributed by atoms with Crippen LogP contribution in [0.25, 0.3) is 0 Å². The highest BCUT2D eigenvalue weighted by atomic mass is 32.2. The van der Waals surface area contributed by atoms with Gasteiger partial charge < -0.3 is 15.7 Å². The Labute approximate surface area is 141 Å². The third kappa shape index (κ3) is 14.5. The van der Waals surface area contributed by atoms with Crippen molar-refractivity contribution in [3.05, 3.63) is 0 Å². The standard InChI is InChI=1S/C15H34N4O3S/c1-5-16-15(17-8-6-9-19-23(4,21)22)18-12-14(7-10-20)11-13(2)3/h13-14,19-20H,5-12H2,1-4H3,(H2,16,17,18). The molecular formula is C15H34N4O3S. The number of guanidine groups is 1. The van der Waals surface area contributed by atoms with Crippen LogP contribution in [0.4, 0.5) is 0 Å². The molecule has 23 heavy (non-hydrogen) atoms. The maximum Gasteiger partial charge on any atom is 0.208 e. The summed E-state index contributed by atoms with van der Waals surface area (Å²) in [6.45, 7) is 9.03. The second-order valence-corrected chi connectivity index (χ2v) is 8.01. The first-order chi connectivity index (χ1) is 10.8. The Hall–Kier alpha value is -0.860. The lowest BCUT2D eigenvalue weighted by Gasteiger charge is -2.17. The van der Waals surface area contributed by atoms with Crippen molar-refractivity contribution in [3.63, 3.8) is 0 Å². The van der Waals surface area contributed by atoms with Gasteiger partial charge in [0, 0.05) is 32.8 Å². The van der Waals surface area contributed by atoms with Gasteiger partial charge >= 0.3 is 0 Å². The Balaban J connectivity index is 4.29. The monoisotopic (exact) mass is 350 g/mol. The van der Waals surface area contributed by atoms with Gasteiger partial charge in [0.15, 0.2) is 5.96 Å². The van der Waals surface area contributed by atoms with Crippen LogP contribution in [0, 0.1) is 11.8 Å². The van der Waals surface area contributed by atoms with Crippen molar-refractivity contribution < 1.29 is 13.5 Å². The Kier molecular flexibility index (Phi) is 12.1. The number of nitrogens with one attached hydrogen (secondary N) is 3. The summed E-state index contributed by atoms with van der Waals surface area (Å²) in [5.74, 6) is 1.69. The number of nitrogens with zero attached hydrogens (tertiary/aromatic N) is 1. The van der Waals surface area contributed by atoms with Crippen molar-refractivity contribution in [2.75, 3.05) is 39.0 Å². The minimum atomic E-state index is -3.12. The van der Waals surface area contributed by atoms with Gasteiger partial charge in [0.2, 0.25) is 10.0 Å². The molecule has 0 aliphatic heterocycles. The third-order valence-electron chi connectivity index (χ3n) is 3.20. The molecule has 4 N–H and O–H groups in total. The molecule has 0 bridgehead atoms. The van der Waals surface area contributed by atoms with E-state index >= 15 is 0 Å². The minimum absolute atomic E-state index is 0.189. The van der Waals surface area contributed by atoms with E-state index in [9.17, 15) is 8.42 Å². The fourth-order valence-electron chi connectivity index (χ4n) is 2.25. The highest BCUT2D eigenvalue weighted by Gasteiger charge is 2.10. The van der Waals surface area contributed by atoms with E-state index in [1.807, 2.05) is 6.92 Å². The normalized spacial score (nSPS) is 14.1. The van der Waals surface area contributed by atoms with Crippen LogP contribution in [0.15, 0.2) is 4.99 Å². The van der Waals surface area contributed by atoms with Crippen molar-refractivity contribution >= 4 is 16.0 Å². The van der Waals surface area contributed by atoms with Crippen molar-refractivity contribution in [2.24, 2.45) is 16.8 Å². The number of rotatable bonds is 12. The molecule has 1 atom stereocenters. The molecular weight excluding hydrogens is 316 g/mol. The molecule has 0 aliphatic carbocycles. The molecule has 0 rings (SSSR count). The van der Waals surface area contributed by atoms with Gasteiger partial charge in [-0.2, -0.15) is 0 Å². The lowest BCUT2D eigenvalue weighted by Crippen LogP contribution is -2.39. The van der Waals surface area contributed by atoms with Crippen molar-refractivity contribution in [1.82, 2.24) is 15.4 Å². The lowest BCUT2D eigenvalue weighted by molar-refractivity contribution is 0.245.